The third-order valence-corrected chi connectivity index (χ3v) is 3.09. The van der Waals surface area contributed by atoms with Crippen LogP contribution in [0.2, 0.25) is 0 Å². The Hall–Kier alpha value is -1.89. The van der Waals surface area contributed by atoms with Crippen molar-refractivity contribution in [3.8, 4) is 11.4 Å². The molecule has 2 rings (SSSR count). The Kier molecular flexibility index (Phi) is 4.04. The monoisotopic (exact) mass is 301 g/mol. The number of alkyl halides is 3. The summed E-state index contributed by atoms with van der Waals surface area (Å²) in [6.07, 6.45) is -3.67. The van der Waals surface area contributed by atoms with Crippen LogP contribution in [-0.2, 0) is 12.7 Å². The van der Waals surface area contributed by atoms with Crippen LogP contribution < -0.4 is 5.73 Å². The first-order valence-electron chi connectivity index (χ1n) is 6.39. The summed E-state index contributed by atoms with van der Waals surface area (Å²) in [7, 11) is 0. The average molecular weight is 301 g/mol. The first kappa shape index (κ1) is 15.5. The normalized spacial score (nSPS) is 12.2. The van der Waals surface area contributed by atoms with Gasteiger partial charge in [-0.3, -0.25) is 0 Å². The van der Waals surface area contributed by atoms with Gasteiger partial charge in [0.1, 0.15) is 11.6 Å². The highest BCUT2D eigenvalue weighted by Crippen LogP contribution is 2.33. The molecule has 1 aromatic heterocycles. The molecule has 0 unspecified atom stereocenters. The molecule has 1 heterocycles. The number of rotatable bonds is 3. The van der Waals surface area contributed by atoms with Gasteiger partial charge in [-0.25, -0.2) is 9.37 Å². The van der Waals surface area contributed by atoms with Crippen LogP contribution in [0.4, 0.5) is 17.6 Å². The summed E-state index contributed by atoms with van der Waals surface area (Å²) in [6, 6.07) is 3.91. The molecular weight excluding hydrogens is 286 g/mol. The molecule has 0 radical (unpaired) electrons. The van der Waals surface area contributed by atoms with Gasteiger partial charge in [0.15, 0.2) is 5.69 Å². The summed E-state index contributed by atoms with van der Waals surface area (Å²) in [5.74, 6) is -0.683. The highest BCUT2D eigenvalue weighted by molar-refractivity contribution is 5.58. The standard InChI is InChI=1S/C14H15F4N3/c1-8(2)21-7-12(14(16,17)18)20-13(21)10-4-3-9(6-19)5-11(10)15/h3-5,7-8H,6,19H2,1-2H3. The fraction of sp³-hybridized carbons (Fsp3) is 0.357. The molecule has 0 bridgehead atoms. The third-order valence-electron chi connectivity index (χ3n) is 3.09. The molecule has 0 aliphatic carbocycles. The molecule has 0 saturated carbocycles. The average Bonchev–Trinajstić information content (AvgIpc) is 2.83. The number of aromatic nitrogens is 2. The minimum absolute atomic E-state index is 0.0244. The highest BCUT2D eigenvalue weighted by Gasteiger charge is 2.35. The Morgan fingerprint density at radius 2 is 1.95 bits per heavy atom. The van der Waals surface area contributed by atoms with Crippen LogP contribution in [0.3, 0.4) is 0 Å². The van der Waals surface area contributed by atoms with E-state index in [2.05, 4.69) is 4.98 Å². The van der Waals surface area contributed by atoms with E-state index in [9.17, 15) is 17.6 Å². The van der Waals surface area contributed by atoms with Crippen molar-refractivity contribution in [3.05, 3.63) is 41.5 Å². The van der Waals surface area contributed by atoms with Crippen molar-refractivity contribution >= 4 is 0 Å². The molecule has 114 valence electrons. The number of halogens is 4. The minimum Gasteiger partial charge on any atom is -0.328 e. The van der Waals surface area contributed by atoms with Gasteiger partial charge in [0.05, 0.1) is 5.56 Å². The largest absolute Gasteiger partial charge is 0.434 e. The van der Waals surface area contributed by atoms with E-state index in [0.717, 1.165) is 6.20 Å². The second kappa shape index (κ2) is 5.48. The van der Waals surface area contributed by atoms with Crippen LogP contribution in [0, 0.1) is 5.82 Å². The highest BCUT2D eigenvalue weighted by atomic mass is 19.4. The van der Waals surface area contributed by atoms with Crippen molar-refractivity contribution in [2.24, 2.45) is 5.73 Å². The lowest BCUT2D eigenvalue weighted by atomic mass is 10.1. The van der Waals surface area contributed by atoms with Crippen molar-refractivity contribution in [1.29, 1.82) is 0 Å². The minimum atomic E-state index is -4.57. The Morgan fingerprint density at radius 3 is 2.43 bits per heavy atom. The quantitative estimate of drug-likeness (QED) is 0.878. The summed E-state index contributed by atoms with van der Waals surface area (Å²) in [4.78, 5) is 3.56. The molecule has 0 saturated heterocycles. The molecule has 2 N–H and O–H groups in total. The van der Waals surface area contributed by atoms with Crippen LogP contribution in [-0.4, -0.2) is 9.55 Å². The van der Waals surface area contributed by atoms with Crippen molar-refractivity contribution in [2.45, 2.75) is 32.6 Å². The van der Waals surface area contributed by atoms with Gasteiger partial charge in [-0.1, -0.05) is 6.07 Å². The van der Waals surface area contributed by atoms with Gasteiger partial charge in [-0.05, 0) is 31.5 Å². The molecule has 0 atom stereocenters. The second-order valence-corrected chi connectivity index (χ2v) is 4.97. The van der Waals surface area contributed by atoms with E-state index in [1.165, 1.54) is 16.7 Å². The molecule has 0 aliphatic heterocycles. The third kappa shape index (κ3) is 3.07. The number of hydrogen-bond acceptors (Lipinski definition) is 2. The molecule has 0 fully saturated rings. The molecule has 3 nitrogen and oxygen atoms in total. The Bertz CT molecular complexity index is 644. The maximum atomic E-state index is 14.1. The number of hydrogen-bond donors (Lipinski definition) is 1. The maximum absolute atomic E-state index is 14.1. The lowest BCUT2D eigenvalue weighted by Crippen LogP contribution is -2.05. The zero-order valence-electron chi connectivity index (χ0n) is 11.6. The lowest BCUT2D eigenvalue weighted by molar-refractivity contribution is -0.140. The number of nitrogens with two attached hydrogens (primary N) is 1. The predicted octanol–water partition coefficient (Wildman–Crippen LogP) is 3.75. The number of benzene rings is 1. The summed E-state index contributed by atoms with van der Waals surface area (Å²) in [5, 5.41) is 0. The van der Waals surface area contributed by atoms with Crippen LogP contribution in [0.1, 0.15) is 31.1 Å². The molecule has 21 heavy (non-hydrogen) atoms. The molecule has 0 aliphatic rings. The topological polar surface area (TPSA) is 43.8 Å². The van der Waals surface area contributed by atoms with Crippen molar-refractivity contribution in [2.75, 3.05) is 0 Å². The van der Waals surface area contributed by atoms with E-state index in [4.69, 9.17) is 5.73 Å². The van der Waals surface area contributed by atoms with Gasteiger partial charge in [0, 0.05) is 18.8 Å². The zero-order valence-corrected chi connectivity index (χ0v) is 11.6. The number of imidazole rings is 1. The number of nitrogens with zero attached hydrogens (tertiary/aromatic N) is 2. The summed E-state index contributed by atoms with van der Waals surface area (Å²) in [6.45, 7) is 3.57. The van der Waals surface area contributed by atoms with Crippen molar-refractivity contribution in [3.63, 3.8) is 0 Å². The van der Waals surface area contributed by atoms with Gasteiger partial charge in [-0.2, -0.15) is 13.2 Å². The van der Waals surface area contributed by atoms with Gasteiger partial charge in [0.25, 0.3) is 0 Å². The van der Waals surface area contributed by atoms with E-state index in [-0.39, 0.29) is 24.0 Å². The SMILES string of the molecule is CC(C)n1cc(C(F)(F)F)nc1-c1ccc(CN)cc1F. The Labute approximate surface area is 119 Å². The first-order valence-corrected chi connectivity index (χ1v) is 6.39. The van der Waals surface area contributed by atoms with E-state index >= 15 is 0 Å². The van der Waals surface area contributed by atoms with E-state index < -0.39 is 17.7 Å². The van der Waals surface area contributed by atoms with Crippen LogP contribution >= 0.6 is 0 Å². The summed E-state index contributed by atoms with van der Waals surface area (Å²) in [5.41, 5.74) is 4.97. The Balaban J connectivity index is 2.60. The van der Waals surface area contributed by atoms with E-state index in [1.807, 2.05) is 0 Å². The van der Waals surface area contributed by atoms with E-state index in [0.29, 0.717) is 5.56 Å². The van der Waals surface area contributed by atoms with Crippen molar-refractivity contribution in [1.82, 2.24) is 9.55 Å². The molecular formula is C14H15F4N3. The summed E-state index contributed by atoms with van der Waals surface area (Å²) < 4.78 is 53.8. The first-order chi connectivity index (χ1) is 9.74. The van der Waals surface area contributed by atoms with Crippen LogP contribution in [0.15, 0.2) is 24.4 Å². The molecule has 0 spiro atoms. The molecule has 0 amide bonds. The fourth-order valence-electron chi connectivity index (χ4n) is 1.99. The zero-order chi connectivity index (χ0) is 15.8. The fourth-order valence-corrected chi connectivity index (χ4v) is 1.99. The predicted molar refractivity (Wildman–Crippen MR) is 70.9 cm³/mol. The van der Waals surface area contributed by atoms with Gasteiger partial charge in [-0.15, -0.1) is 0 Å². The van der Waals surface area contributed by atoms with E-state index in [1.54, 1.807) is 19.9 Å². The van der Waals surface area contributed by atoms with Gasteiger partial charge >= 0.3 is 6.18 Å². The lowest BCUT2D eigenvalue weighted by Gasteiger charge is -2.12. The van der Waals surface area contributed by atoms with Gasteiger partial charge < -0.3 is 10.3 Å². The van der Waals surface area contributed by atoms with Crippen LogP contribution in [0.25, 0.3) is 11.4 Å². The van der Waals surface area contributed by atoms with Crippen molar-refractivity contribution < 1.29 is 17.6 Å². The Morgan fingerprint density at radius 1 is 1.29 bits per heavy atom. The molecule has 7 heteroatoms. The maximum Gasteiger partial charge on any atom is 0.434 e. The second-order valence-electron chi connectivity index (χ2n) is 4.97. The van der Waals surface area contributed by atoms with Gasteiger partial charge in [0.2, 0.25) is 0 Å². The molecule has 1 aromatic carbocycles. The smallest absolute Gasteiger partial charge is 0.328 e. The summed E-state index contributed by atoms with van der Waals surface area (Å²) >= 11 is 0. The van der Waals surface area contributed by atoms with Crippen LogP contribution in [0.5, 0.6) is 0 Å². The molecule has 2 aromatic rings.